The van der Waals surface area contributed by atoms with Gasteiger partial charge in [0.2, 0.25) is 5.88 Å². The van der Waals surface area contributed by atoms with Crippen LogP contribution < -0.4 is 5.43 Å². The zero-order valence-corrected chi connectivity index (χ0v) is 9.16. The third-order valence-corrected chi connectivity index (χ3v) is 3.17. The van der Waals surface area contributed by atoms with E-state index in [1.807, 2.05) is 0 Å². The number of fused-ring (bicyclic) bond motifs is 1. The van der Waals surface area contributed by atoms with Gasteiger partial charge in [-0.15, -0.1) is 0 Å². The van der Waals surface area contributed by atoms with E-state index in [2.05, 4.69) is 35.6 Å². The Morgan fingerprint density at radius 1 is 1.40 bits per heavy atom. The van der Waals surface area contributed by atoms with Gasteiger partial charge in [-0.25, -0.2) is 10.4 Å². The van der Waals surface area contributed by atoms with Crippen molar-refractivity contribution in [2.75, 3.05) is 7.11 Å². The molecule has 3 heteroatoms. The molecule has 80 valence electrons. The van der Waals surface area contributed by atoms with Crippen LogP contribution in [0.5, 0.6) is 0 Å². The summed E-state index contributed by atoms with van der Waals surface area (Å²) >= 11 is 0. The molecule has 1 fully saturated rings. The molecule has 3 rings (SSSR count). The number of hydrazine groups is 1. The van der Waals surface area contributed by atoms with E-state index in [1.54, 1.807) is 7.11 Å². The number of rotatable bonds is 2. The second kappa shape index (κ2) is 3.14. The van der Waals surface area contributed by atoms with Crippen molar-refractivity contribution in [2.24, 2.45) is 5.92 Å². The molecule has 2 aliphatic heterocycles. The Balaban J connectivity index is 1.89. The van der Waals surface area contributed by atoms with E-state index in [0.29, 0.717) is 6.04 Å². The van der Waals surface area contributed by atoms with Gasteiger partial charge in [-0.2, -0.15) is 0 Å². The molecule has 1 N–H and O–H groups in total. The Morgan fingerprint density at radius 2 is 2.20 bits per heavy atom. The number of methoxy groups -OCH3 is 1. The van der Waals surface area contributed by atoms with E-state index < -0.39 is 0 Å². The zero-order valence-electron chi connectivity index (χ0n) is 9.16. The number of hydrogen-bond donors (Lipinski definition) is 1. The van der Waals surface area contributed by atoms with E-state index in [0.717, 1.165) is 11.8 Å². The van der Waals surface area contributed by atoms with Gasteiger partial charge in [-0.3, -0.25) is 0 Å². The van der Waals surface area contributed by atoms with Gasteiger partial charge in [-0.05, 0) is 43.4 Å². The molecule has 0 amide bonds. The summed E-state index contributed by atoms with van der Waals surface area (Å²) in [7, 11) is 1.72. The molecule has 0 spiro atoms. The van der Waals surface area contributed by atoms with E-state index in [4.69, 9.17) is 4.74 Å². The Labute approximate surface area is 90.1 Å². The zero-order chi connectivity index (χ0) is 10.4. The fourth-order valence-electron chi connectivity index (χ4n) is 2.20. The minimum absolute atomic E-state index is 0.501. The number of hydrogen-bond acceptors (Lipinski definition) is 3. The van der Waals surface area contributed by atoms with Gasteiger partial charge in [0.1, 0.15) is 0 Å². The van der Waals surface area contributed by atoms with E-state index in [1.165, 1.54) is 24.1 Å². The fraction of sp³-hybridized carbons (Fsp3) is 0.500. The maximum atomic E-state index is 5.37. The SMILES string of the molecule is COC1=CC(C)=CC2=CC(C3CC3)NN21. The summed E-state index contributed by atoms with van der Waals surface area (Å²) in [5.74, 6) is 1.72. The van der Waals surface area contributed by atoms with Crippen molar-refractivity contribution < 1.29 is 4.74 Å². The van der Waals surface area contributed by atoms with Gasteiger partial charge >= 0.3 is 0 Å². The van der Waals surface area contributed by atoms with Crippen molar-refractivity contribution in [1.29, 1.82) is 0 Å². The fourth-order valence-corrected chi connectivity index (χ4v) is 2.20. The monoisotopic (exact) mass is 204 g/mol. The van der Waals surface area contributed by atoms with Crippen LogP contribution in [0, 0.1) is 5.92 Å². The molecule has 3 nitrogen and oxygen atoms in total. The van der Waals surface area contributed by atoms with E-state index in [9.17, 15) is 0 Å². The van der Waals surface area contributed by atoms with Crippen molar-refractivity contribution in [3.8, 4) is 0 Å². The minimum atomic E-state index is 0.501. The highest BCUT2D eigenvalue weighted by atomic mass is 16.5. The van der Waals surface area contributed by atoms with Crippen molar-refractivity contribution in [3.05, 3.63) is 35.4 Å². The predicted molar refractivity (Wildman–Crippen MR) is 58.4 cm³/mol. The average Bonchev–Trinajstić information content (AvgIpc) is 2.98. The maximum absolute atomic E-state index is 5.37. The van der Waals surface area contributed by atoms with Crippen LogP contribution in [0.1, 0.15) is 19.8 Å². The summed E-state index contributed by atoms with van der Waals surface area (Å²) in [6.07, 6.45) is 9.26. The highest BCUT2D eigenvalue weighted by Gasteiger charge is 2.36. The number of ether oxygens (including phenoxy) is 1. The van der Waals surface area contributed by atoms with Crippen LogP contribution in [0.15, 0.2) is 35.4 Å². The Morgan fingerprint density at radius 3 is 2.87 bits per heavy atom. The van der Waals surface area contributed by atoms with Gasteiger partial charge < -0.3 is 4.74 Å². The van der Waals surface area contributed by atoms with Crippen LogP contribution in [-0.4, -0.2) is 18.2 Å². The number of allylic oxidation sites excluding steroid dienone is 3. The smallest absolute Gasteiger partial charge is 0.208 e. The molecule has 0 aromatic rings. The normalized spacial score (nSPS) is 29.3. The molecule has 0 aromatic heterocycles. The summed E-state index contributed by atoms with van der Waals surface area (Å²) in [5.41, 5.74) is 5.95. The molecule has 2 heterocycles. The lowest BCUT2D eigenvalue weighted by molar-refractivity contribution is 0.143. The topological polar surface area (TPSA) is 24.5 Å². The molecule has 0 aromatic carbocycles. The number of nitrogens with zero attached hydrogens (tertiary/aromatic N) is 1. The molecule has 0 bridgehead atoms. The van der Waals surface area contributed by atoms with Gasteiger partial charge in [0, 0.05) is 12.1 Å². The molecule has 0 saturated heterocycles. The van der Waals surface area contributed by atoms with E-state index >= 15 is 0 Å². The lowest BCUT2D eigenvalue weighted by Crippen LogP contribution is -2.38. The standard InChI is InChI=1S/C12H16N2O/c1-8-5-10-7-11(9-3-4-9)13-14(10)12(6-8)15-2/h5-7,9,11,13H,3-4H2,1-2H3. The van der Waals surface area contributed by atoms with Crippen molar-refractivity contribution in [2.45, 2.75) is 25.8 Å². The quantitative estimate of drug-likeness (QED) is 0.743. The second-order valence-electron chi connectivity index (χ2n) is 4.49. The molecule has 3 aliphatic rings. The van der Waals surface area contributed by atoms with Crippen LogP contribution in [0.3, 0.4) is 0 Å². The Kier molecular flexibility index (Phi) is 1.89. The predicted octanol–water partition coefficient (Wildman–Crippen LogP) is 1.92. The summed E-state index contributed by atoms with van der Waals surface area (Å²) in [5, 5.41) is 2.05. The van der Waals surface area contributed by atoms with Crippen LogP contribution >= 0.6 is 0 Å². The Hall–Kier alpha value is -1.22. The first-order valence-electron chi connectivity index (χ1n) is 5.50. The van der Waals surface area contributed by atoms with Gasteiger partial charge in [-0.1, -0.05) is 0 Å². The highest BCUT2D eigenvalue weighted by molar-refractivity contribution is 5.39. The lowest BCUT2D eigenvalue weighted by Gasteiger charge is -2.26. The lowest BCUT2D eigenvalue weighted by atomic mass is 10.1. The molecule has 1 aliphatic carbocycles. The number of nitrogens with one attached hydrogen (secondary N) is 1. The molecule has 0 radical (unpaired) electrons. The van der Waals surface area contributed by atoms with Crippen molar-refractivity contribution in [3.63, 3.8) is 0 Å². The van der Waals surface area contributed by atoms with E-state index in [-0.39, 0.29) is 0 Å². The third kappa shape index (κ3) is 1.47. The summed E-state index contributed by atoms with van der Waals surface area (Å²) in [6, 6.07) is 0.501. The highest BCUT2D eigenvalue weighted by Crippen LogP contribution is 2.38. The first-order valence-corrected chi connectivity index (χ1v) is 5.50. The summed E-state index contributed by atoms with van der Waals surface area (Å²) in [4.78, 5) is 0. The first-order chi connectivity index (χ1) is 7.28. The largest absolute Gasteiger partial charge is 0.481 e. The first kappa shape index (κ1) is 9.04. The van der Waals surface area contributed by atoms with Gasteiger partial charge in [0.05, 0.1) is 12.8 Å². The minimum Gasteiger partial charge on any atom is -0.481 e. The van der Waals surface area contributed by atoms with Crippen LogP contribution in [-0.2, 0) is 4.74 Å². The molecular weight excluding hydrogens is 188 g/mol. The Bertz CT molecular complexity index is 377. The van der Waals surface area contributed by atoms with Crippen molar-refractivity contribution in [1.82, 2.24) is 10.4 Å². The summed E-state index contributed by atoms with van der Waals surface area (Å²) in [6.45, 7) is 2.10. The molecule has 15 heavy (non-hydrogen) atoms. The third-order valence-electron chi connectivity index (χ3n) is 3.17. The molecular formula is C12H16N2O. The molecule has 1 saturated carbocycles. The van der Waals surface area contributed by atoms with Gasteiger partial charge in [0.15, 0.2) is 0 Å². The van der Waals surface area contributed by atoms with Crippen LogP contribution in [0.2, 0.25) is 0 Å². The average molecular weight is 204 g/mol. The van der Waals surface area contributed by atoms with Crippen LogP contribution in [0.25, 0.3) is 0 Å². The molecule has 1 unspecified atom stereocenters. The second-order valence-corrected chi connectivity index (χ2v) is 4.49. The van der Waals surface area contributed by atoms with Gasteiger partial charge in [0.25, 0.3) is 0 Å². The van der Waals surface area contributed by atoms with Crippen LogP contribution in [0.4, 0.5) is 0 Å². The molecule has 1 atom stereocenters. The maximum Gasteiger partial charge on any atom is 0.208 e. The summed E-state index contributed by atoms with van der Waals surface area (Å²) < 4.78 is 5.37. The van der Waals surface area contributed by atoms with Crippen molar-refractivity contribution >= 4 is 0 Å².